The van der Waals surface area contributed by atoms with Crippen molar-refractivity contribution in [3.8, 4) is 11.5 Å². The predicted molar refractivity (Wildman–Crippen MR) is 107 cm³/mol. The van der Waals surface area contributed by atoms with Gasteiger partial charge in [-0.25, -0.2) is 4.98 Å². The van der Waals surface area contributed by atoms with E-state index in [1.807, 2.05) is 0 Å². The molecule has 0 saturated carbocycles. The molecule has 1 aromatic heterocycles. The maximum atomic E-state index is 12.8. The summed E-state index contributed by atoms with van der Waals surface area (Å²) in [6, 6.07) is 12.9. The van der Waals surface area contributed by atoms with Crippen LogP contribution in [-0.4, -0.2) is 24.4 Å². The van der Waals surface area contributed by atoms with Crippen LogP contribution in [0.1, 0.15) is 10.4 Å². The summed E-state index contributed by atoms with van der Waals surface area (Å²) in [6.07, 6.45) is -3.30. The van der Waals surface area contributed by atoms with Crippen molar-refractivity contribution in [3.63, 3.8) is 0 Å². The first-order valence-corrected chi connectivity index (χ1v) is 8.86. The molecule has 30 heavy (non-hydrogen) atoms. The SMILES string of the molecule is COc1ccc(Cl)cc1NC(=O)c1cccnc1Nc1ccc(OC(F)(F)F)cc1. The number of ether oxygens (including phenoxy) is 2. The number of benzene rings is 2. The molecule has 0 bridgehead atoms. The molecular formula is C20H15ClF3N3O3. The largest absolute Gasteiger partial charge is 0.573 e. The van der Waals surface area contributed by atoms with Crippen LogP contribution in [0.25, 0.3) is 0 Å². The number of carbonyl (C=O) groups is 1. The Morgan fingerprint density at radius 2 is 1.83 bits per heavy atom. The molecule has 2 aromatic carbocycles. The summed E-state index contributed by atoms with van der Waals surface area (Å²) in [7, 11) is 1.46. The van der Waals surface area contributed by atoms with E-state index in [0.717, 1.165) is 12.1 Å². The number of pyridine rings is 1. The Morgan fingerprint density at radius 3 is 2.50 bits per heavy atom. The van der Waals surface area contributed by atoms with Crippen molar-refractivity contribution in [1.82, 2.24) is 4.98 Å². The highest BCUT2D eigenvalue weighted by molar-refractivity contribution is 6.31. The van der Waals surface area contributed by atoms with Crippen LogP contribution < -0.4 is 20.1 Å². The van der Waals surface area contributed by atoms with Crippen molar-refractivity contribution in [2.24, 2.45) is 0 Å². The first kappa shape index (κ1) is 21.3. The minimum absolute atomic E-state index is 0.204. The van der Waals surface area contributed by atoms with Crippen LogP contribution in [0.4, 0.5) is 30.4 Å². The molecule has 0 atom stereocenters. The van der Waals surface area contributed by atoms with Gasteiger partial charge in [-0.05, 0) is 54.6 Å². The van der Waals surface area contributed by atoms with Crippen LogP contribution in [0, 0.1) is 0 Å². The van der Waals surface area contributed by atoms with E-state index in [1.54, 1.807) is 30.3 Å². The summed E-state index contributed by atoms with van der Waals surface area (Å²) in [5.74, 6) is -0.213. The number of hydrogen-bond acceptors (Lipinski definition) is 5. The lowest BCUT2D eigenvalue weighted by Gasteiger charge is -2.14. The van der Waals surface area contributed by atoms with Crippen LogP contribution >= 0.6 is 11.6 Å². The number of anilines is 3. The Labute approximate surface area is 174 Å². The third kappa shape index (κ3) is 5.54. The van der Waals surface area contributed by atoms with Gasteiger partial charge >= 0.3 is 6.36 Å². The Morgan fingerprint density at radius 1 is 1.10 bits per heavy atom. The molecule has 3 rings (SSSR count). The molecule has 0 unspecified atom stereocenters. The molecule has 0 aliphatic rings. The third-order valence-electron chi connectivity index (χ3n) is 3.81. The monoisotopic (exact) mass is 437 g/mol. The van der Waals surface area contributed by atoms with E-state index in [9.17, 15) is 18.0 Å². The van der Waals surface area contributed by atoms with Crippen molar-refractivity contribution in [2.75, 3.05) is 17.7 Å². The second-order valence-corrected chi connectivity index (χ2v) is 6.33. The molecule has 6 nitrogen and oxygen atoms in total. The van der Waals surface area contributed by atoms with Gasteiger partial charge in [-0.3, -0.25) is 4.79 Å². The zero-order valence-electron chi connectivity index (χ0n) is 15.5. The van der Waals surface area contributed by atoms with Gasteiger partial charge < -0.3 is 20.1 Å². The van der Waals surface area contributed by atoms with Crippen molar-refractivity contribution >= 4 is 34.7 Å². The second kappa shape index (κ2) is 8.91. The lowest BCUT2D eigenvalue weighted by atomic mass is 10.2. The summed E-state index contributed by atoms with van der Waals surface area (Å²) in [5, 5.41) is 6.02. The average molecular weight is 438 g/mol. The summed E-state index contributed by atoms with van der Waals surface area (Å²) >= 11 is 5.98. The number of rotatable bonds is 6. The van der Waals surface area contributed by atoms with E-state index < -0.39 is 12.3 Å². The molecule has 10 heteroatoms. The predicted octanol–water partition coefficient (Wildman–Crippen LogP) is 5.64. The van der Waals surface area contributed by atoms with Gasteiger partial charge in [-0.1, -0.05) is 11.6 Å². The number of alkyl halides is 3. The first-order valence-electron chi connectivity index (χ1n) is 8.48. The van der Waals surface area contributed by atoms with Gasteiger partial charge in [-0.15, -0.1) is 13.2 Å². The normalized spacial score (nSPS) is 11.0. The minimum atomic E-state index is -4.78. The molecule has 0 aliphatic carbocycles. The lowest BCUT2D eigenvalue weighted by Crippen LogP contribution is -2.17. The molecule has 156 valence electrons. The van der Waals surface area contributed by atoms with Crippen molar-refractivity contribution in [1.29, 1.82) is 0 Å². The number of carbonyl (C=O) groups excluding carboxylic acids is 1. The maximum absolute atomic E-state index is 12.8. The van der Waals surface area contributed by atoms with Crippen molar-refractivity contribution in [3.05, 3.63) is 71.4 Å². The summed E-state index contributed by atoms with van der Waals surface area (Å²) in [6.45, 7) is 0. The smallest absolute Gasteiger partial charge is 0.495 e. The Kier molecular flexibility index (Phi) is 6.31. The number of halogens is 4. The number of amides is 1. The number of nitrogens with one attached hydrogen (secondary N) is 2. The van der Waals surface area contributed by atoms with Crippen LogP contribution in [-0.2, 0) is 0 Å². The van der Waals surface area contributed by atoms with E-state index >= 15 is 0 Å². The fourth-order valence-electron chi connectivity index (χ4n) is 2.53. The van der Waals surface area contributed by atoms with Crippen LogP contribution in [0.15, 0.2) is 60.8 Å². The van der Waals surface area contributed by atoms with Crippen LogP contribution in [0.2, 0.25) is 5.02 Å². The van der Waals surface area contributed by atoms with Crippen molar-refractivity contribution in [2.45, 2.75) is 6.36 Å². The third-order valence-corrected chi connectivity index (χ3v) is 4.05. The molecule has 0 fully saturated rings. The first-order chi connectivity index (χ1) is 14.2. The molecule has 0 spiro atoms. The summed E-state index contributed by atoms with van der Waals surface area (Å²) in [4.78, 5) is 16.9. The zero-order chi connectivity index (χ0) is 21.7. The van der Waals surface area contributed by atoms with Crippen LogP contribution in [0.5, 0.6) is 11.5 Å². The van der Waals surface area contributed by atoms with E-state index in [1.165, 1.54) is 25.4 Å². The highest BCUT2D eigenvalue weighted by Crippen LogP contribution is 2.29. The summed E-state index contributed by atoms with van der Waals surface area (Å²) in [5.41, 5.74) is 0.992. The standard InChI is InChI=1S/C20H15ClF3N3O3/c1-29-17-9-4-12(21)11-16(17)27-19(28)15-3-2-10-25-18(15)26-13-5-7-14(8-6-13)30-20(22,23)24/h2-11H,1H3,(H,25,26)(H,27,28). The van der Waals surface area contributed by atoms with Gasteiger partial charge in [0.05, 0.1) is 18.4 Å². The Hall–Kier alpha value is -3.46. The highest BCUT2D eigenvalue weighted by Gasteiger charge is 2.31. The Balaban J connectivity index is 1.79. The molecule has 1 amide bonds. The van der Waals surface area contributed by atoms with Crippen LogP contribution in [0.3, 0.4) is 0 Å². The fourth-order valence-corrected chi connectivity index (χ4v) is 2.70. The quantitative estimate of drug-likeness (QED) is 0.522. The number of hydrogen-bond donors (Lipinski definition) is 2. The van der Waals surface area contributed by atoms with Gasteiger partial charge in [0, 0.05) is 16.9 Å². The molecule has 1 heterocycles. The average Bonchev–Trinajstić information content (AvgIpc) is 2.69. The second-order valence-electron chi connectivity index (χ2n) is 5.90. The molecular weight excluding hydrogens is 423 g/mol. The molecule has 3 aromatic rings. The lowest BCUT2D eigenvalue weighted by molar-refractivity contribution is -0.274. The fraction of sp³-hybridized carbons (Fsp3) is 0.100. The number of methoxy groups -OCH3 is 1. The molecule has 0 radical (unpaired) electrons. The zero-order valence-corrected chi connectivity index (χ0v) is 16.2. The highest BCUT2D eigenvalue weighted by atomic mass is 35.5. The van der Waals surface area contributed by atoms with E-state index in [0.29, 0.717) is 22.1 Å². The van der Waals surface area contributed by atoms with Gasteiger partial charge in [0.2, 0.25) is 0 Å². The molecule has 0 aliphatic heterocycles. The number of aromatic nitrogens is 1. The van der Waals surface area contributed by atoms with E-state index in [-0.39, 0.29) is 17.1 Å². The van der Waals surface area contributed by atoms with E-state index in [2.05, 4.69) is 20.4 Å². The topological polar surface area (TPSA) is 72.5 Å². The minimum Gasteiger partial charge on any atom is -0.495 e. The molecule has 2 N–H and O–H groups in total. The number of nitrogens with zero attached hydrogens (tertiary/aromatic N) is 1. The molecule has 0 saturated heterocycles. The maximum Gasteiger partial charge on any atom is 0.573 e. The summed E-state index contributed by atoms with van der Waals surface area (Å²) < 4.78 is 45.9. The van der Waals surface area contributed by atoms with Gasteiger partial charge in [-0.2, -0.15) is 0 Å². The van der Waals surface area contributed by atoms with Gasteiger partial charge in [0.25, 0.3) is 5.91 Å². The van der Waals surface area contributed by atoms with Gasteiger partial charge in [0.1, 0.15) is 17.3 Å². The van der Waals surface area contributed by atoms with Crippen molar-refractivity contribution < 1.29 is 27.4 Å². The van der Waals surface area contributed by atoms with Gasteiger partial charge in [0.15, 0.2) is 0 Å². The van der Waals surface area contributed by atoms with E-state index in [4.69, 9.17) is 16.3 Å². The Bertz CT molecular complexity index is 1040.